The number of ketones is 1. The van der Waals surface area contributed by atoms with Gasteiger partial charge in [0.15, 0.2) is 5.78 Å². The number of nitrogens with one attached hydrogen (secondary N) is 1. The number of hydroxylamine groups is 1. The topological polar surface area (TPSA) is 66.4 Å². The van der Waals surface area contributed by atoms with Gasteiger partial charge in [0.1, 0.15) is 0 Å². The van der Waals surface area contributed by atoms with Gasteiger partial charge in [-0.1, -0.05) is 42.5 Å². The van der Waals surface area contributed by atoms with Crippen LogP contribution in [0.3, 0.4) is 0 Å². The highest BCUT2D eigenvalue weighted by molar-refractivity contribution is 5.96. The number of rotatable bonds is 6. The van der Waals surface area contributed by atoms with E-state index in [0.29, 0.717) is 12.0 Å². The smallest absolute Gasteiger partial charge is 0.274 e. The molecule has 0 aromatic heterocycles. The van der Waals surface area contributed by atoms with Crippen molar-refractivity contribution in [3.63, 3.8) is 0 Å². The molecule has 0 aliphatic heterocycles. The molecule has 108 valence electrons. The summed E-state index contributed by atoms with van der Waals surface area (Å²) in [5.74, 6) is -0.382. The highest BCUT2D eigenvalue weighted by Gasteiger charge is 2.06. The molecule has 1 amide bonds. The first-order chi connectivity index (χ1) is 10.2. The molecule has 21 heavy (non-hydrogen) atoms. The minimum atomic E-state index is -0.527. The molecule has 0 radical (unpaired) electrons. The Kier molecular flexibility index (Phi) is 5.23. The maximum Gasteiger partial charge on any atom is 0.274 e. The molecule has 2 aromatic rings. The SMILES string of the molecule is O=C(CCCc1ccc(C(=O)NO)cc1)c1ccccc1. The lowest BCUT2D eigenvalue weighted by molar-refractivity contribution is 0.0706. The van der Waals surface area contributed by atoms with Crippen LogP contribution in [0.4, 0.5) is 0 Å². The maximum atomic E-state index is 11.9. The highest BCUT2D eigenvalue weighted by Crippen LogP contribution is 2.10. The predicted molar refractivity (Wildman–Crippen MR) is 79.4 cm³/mol. The van der Waals surface area contributed by atoms with Crippen LogP contribution in [0, 0.1) is 0 Å². The fraction of sp³-hybridized carbons (Fsp3) is 0.176. The summed E-state index contributed by atoms with van der Waals surface area (Å²) in [7, 11) is 0. The first kappa shape index (κ1) is 14.9. The van der Waals surface area contributed by atoms with Crippen molar-refractivity contribution in [2.24, 2.45) is 0 Å². The number of hydrogen-bond acceptors (Lipinski definition) is 3. The van der Waals surface area contributed by atoms with Crippen molar-refractivity contribution < 1.29 is 14.8 Å². The van der Waals surface area contributed by atoms with Crippen molar-refractivity contribution in [1.29, 1.82) is 0 Å². The third-order valence-corrected chi connectivity index (χ3v) is 3.28. The van der Waals surface area contributed by atoms with Gasteiger partial charge in [0.2, 0.25) is 0 Å². The van der Waals surface area contributed by atoms with Crippen molar-refractivity contribution in [2.75, 3.05) is 0 Å². The molecular formula is C17H17NO3. The number of aryl methyl sites for hydroxylation is 1. The van der Waals surface area contributed by atoms with E-state index in [0.717, 1.165) is 24.0 Å². The fourth-order valence-corrected chi connectivity index (χ4v) is 2.11. The van der Waals surface area contributed by atoms with Crippen molar-refractivity contribution in [2.45, 2.75) is 19.3 Å². The summed E-state index contributed by atoms with van der Waals surface area (Å²) in [6.45, 7) is 0. The summed E-state index contributed by atoms with van der Waals surface area (Å²) in [4.78, 5) is 23.1. The van der Waals surface area contributed by atoms with Crippen molar-refractivity contribution in [1.82, 2.24) is 5.48 Å². The van der Waals surface area contributed by atoms with Crippen LogP contribution >= 0.6 is 0 Å². The first-order valence-electron chi connectivity index (χ1n) is 6.82. The van der Waals surface area contributed by atoms with E-state index in [2.05, 4.69) is 0 Å². The predicted octanol–water partition coefficient (Wildman–Crippen LogP) is 3.01. The first-order valence-corrected chi connectivity index (χ1v) is 6.82. The summed E-state index contributed by atoms with van der Waals surface area (Å²) < 4.78 is 0. The molecule has 0 aliphatic rings. The van der Waals surface area contributed by atoms with E-state index in [4.69, 9.17) is 5.21 Å². The van der Waals surface area contributed by atoms with Crippen LogP contribution in [0.15, 0.2) is 54.6 Å². The van der Waals surface area contributed by atoms with Gasteiger partial charge in [-0.05, 0) is 30.5 Å². The maximum absolute atomic E-state index is 11.9. The second-order valence-electron chi connectivity index (χ2n) is 4.78. The zero-order chi connectivity index (χ0) is 15.1. The number of benzene rings is 2. The molecule has 2 N–H and O–H groups in total. The van der Waals surface area contributed by atoms with Crippen molar-refractivity contribution >= 4 is 11.7 Å². The standard InChI is InChI=1S/C17H17NO3/c19-16(14-6-2-1-3-7-14)8-4-5-13-9-11-15(12-10-13)17(20)18-21/h1-3,6-7,9-12,21H,4-5,8H2,(H,18,20). The van der Waals surface area contributed by atoms with Gasteiger partial charge in [0, 0.05) is 17.5 Å². The molecule has 4 heteroatoms. The number of carbonyl (C=O) groups excluding carboxylic acids is 2. The molecule has 0 saturated carbocycles. The van der Waals surface area contributed by atoms with Gasteiger partial charge in [-0.25, -0.2) is 5.48 Å². The van der Waals surface area contributed by atoms with Gasteiger partial charge in [-0.2, -0.15) is 0 Å². The van der Waals surface area contributed by atoms with E-state index >= 15 is 0 Å². The van der Waals surface area contributed by atoms with Crippen LogP contribution in [-0.4, -0.2) is 16.9 Å². The van der Waals surface area contributed by atoms with Gasteiger partial charge in [0.25, 0.3) is 5.91 Å². The summed E-state index contributed by atoms with van der Waals surface area (Å²) in [6.07, 6.45) is 2.04. The minimum absolute atomic E-state index is 0.145. The summed E-state index contributed by atoms with van der Waals surface area (Å²) in [5, 5.41) is 8.53. The molecular weight excluding hydrogens is 266 g/mol. The van der Waals surface area contributed by atoms with Crippen LogP contribution < -0.4 is 5.48 Å². The molecule has 2 aromatic carbocycles. The van der Waals surface area contributed by atoms with Gasteiger partial charge < -0.3 is 0 Å². The van der Waals surface area contributed by atoms with Crippen molar-refractivity contribution in [3.05, 3.63) is 71.3 Å². The lowest BCUT2D eigenvalue weighted by Crippen LogP contribution is -2.18. The van der Waals surface area contributed by atoms with Gasteiger partial charge >= 0.3 is 0 Å². The Balaban J connectivity index is 1.84. The largest absolute Gasteiger partial charge is 0.294 e. The quantitative estimate of drug-likeness (QED) is 0.486. The summed E-state index contributed by atoms with van der Waals surface area (Å²) >= 11 is 0. The normalized spacial score (nSPS) is 10.1. The number of Topliss-reactive ketones (excluding diaryl/α,β-unsaturated/α-hetero) is 1. The Bertz CT molecular complexity index is 606. The van der Waals surface area contributed by atoms with Crippen LogP contribution in [0.2, 0.25) is 0 Å². The van der Waals surface area contributed by atoms with E-state index in [1.807, 2.05) is 42.5 Å². The molecule has 0 fully saturated rings. The third kappa shape index (κ3) is 4.26. The highest BCUT2D eigenvalue weighted by atomic mass is 16.5. The van der Waals surface area contributed by atoms with Crippen molar-refractivity contribution in [3.8, 4) is 0 Å². The Morgan fingerprint density at radius 1 is 0.905 bits per heavy atom. The molecule has 0 heterocycles. The molecule has 2 rings (SSSR count). The Labute approximate surface area is 123 Å². The molecule has 0 saturated heterocycles. The molecule has 0 spiro atoms. The average molecular weight is 283 g/mol. The van der Waals surface area contributed by atoms with Crippen LogP contribution in [-0.2, 0) is 6.42 Å². The Hall–Kier alpha value is -2.46. The van der Waals surface area contributed by atoms with Gasteiger partial charge in [-0.3, -0.25) is 14.8 Å². The Morgan fingerprint density at radius 2 is 1.57 bits per heavy atom. The third-order valence-electron chi connectivity index (χ3n) is 3.28. The molecule has 0 aliphatic carbocycles. The van der Waals surface area contributed by atoms with E-state index in [1.54, 1.807) is 17.6 Å². The monoisotopic (exact) mass is 283 g/mol. The van der Waals surface area contributed by atoms with E-state index in [9.17, 15) is 9.59 Å². The minimum Gasteiger partial charge on any atom is -0.294 e. The summed E-state index contributed by atoms with van der Waals surface area (Å²) in [5.41, 5.74) is 3.80. The van der Waals surface area contributed by atoms with Crippen LogP contribution in [0.1, 0.15) is 39.1 Å². The second-order valence-corrected chi connectivity index (χ2v) is 4.78. The molecule has 0 unspecified atom stereocenters. The van der Waals surface area contributed by atoms with E-state index in [1.165, 1.54) is 0 Å². The van der Waals surface area contributed by atoms with Crippen LogP contribution in [0.5, 0.6) is 0 Å². The lowest BCUT2D eigenvalue weighted by Gasteiger charge is -2.04. The van der Waals surface area contributed by atoms with E-state index < -0.39 is 5.91 Å². The average Bonchev–Trinajstić information content (AvgIpc) is 2.55. The number of carbonyl (C=O) groups is 2. The van der Waals surface area contributed by atoms with E-state index in [-0.39, 0.29) is 5.78 Å². The molecule has 0 bridgehead atoms. The van der Waals surface area contributed by atoms with Crippen LogP contribution in [0.25, 0.3) is 0 Å². The zero-order valence-electron chi connectivity index (χ0n) is 11.6. The van der Waals surface area contributed by atoms with Gasteiger partial charge in [0.05, 0.1) is 0 Å². The fourth-order valence-electron chi connectivity index (χ4n) is 2.11. The second kappa shape index (κ2) is 7.36. The Morgan fingerprint density at radius 3 is 2.19 bits per heavy atom. The lowest BCUT2D eigenvalue weighted by atomic mass is 10.0. The molecule has 4 nitrogen and oxygen atoms in total. The van der Waals surface area contributed by atoms with Gasteiger partial charge in [-0.15, -0.1) is 0 Å². The number of hydrogen-bond donors (Lipinski definition) is 2. The molecule has 0 atom stereocenters. The number of amides is 1. The zero-order valence-corrected chi connectivity index (χ0v) is 11.6. The summed E-state index contributed by atoms with van der Waals surface area (Å²) in [6, 6.07) is 16.2.